The highest BCUT2D eigenvalue weighted by Gasteiger charge is 2.10. The van der Waals surface area contributed by atoms with Crippen molar-refractivity contribution in [2.75, 3.05) is 26.2 Å². The van der Waals surface area contributed by atoms with Crippen molar-refractivity contribution < 1.29 is 4.79 Å². The monoisotopic (exact) mass is 228 g/mol. The van der Waals surface area contributed by atoms with Crippen LogP contribution in [0.4, 0.5) is 0 Å². The zero-order valence-corrected chi connectivity index (χ0v) is 11.4. The first kappa shape index (κ1) is 15.4. The lowest BCUT2D eigenvalue weighted by molar-refractivity contribution is -0.124. The second-order valence-electron chi connectivity index (χ2n) is 4.35. The molecule has 0 aromatic carbocycles. The Balaban J connectivity index is 0.00000106. The fourth-order valence-electron chi connectivity index (χ4n) is 1.72. The van der Waals surface area contributed by atoms with E-state index in [2.05, 4.69) is 10.2 Å². The molecule has 1 heterocycles. The number of hydrogen-bond acceptors (Lipinski definition) is 2. The first-order valence-corrected chi connectivity index (χ1v) is 6.70. The van der Waals surface area contributed by atoms with Crippen LogP contribution in [0, 0.1) is 5.92 Å². The molecule has 3 nitrogen and oxygen atoms in total. The Morgan fingerprint density at radius 2 is 1.75 bits per heavy atom. The Labute approximate surface area is 101 Å². The number of nitrogens with zero attached hydrogens (tertiary/aromatic N) is 1. The highest BCUT2D eigenvalue weighted by Crippen LogP contribution is 2.07. The van der Waals surface area contributed by atoms with Gasteiger partial charge >= 0.3 is 0 Å². The summed E-state index contributed by atoms with van der Waals surface area (Å²) < 4.78 is 0. The molecule has 0 bridgehead atoms. The summed E-state index contributed by atoms with van der Waals surface area (Å²) in [6, 6.07) is 0. The van der Waals surface area contributed by atoms with Crippen LogP contribution in [0.3, 0.4) is 0 Å². The quantitative estimate of drug-likeness (QED) is 0.800. The third kappa shape index (κ3) is 6.83. The maximum Gasteiger partial charge on any atom is 0.222 e. The van der Waals surface area contributed by atoms with Crippen molar-refractivity contribution in [3.63, 3.8) is 0 Å². The van der Waals surface area contributed by atoms with Gasteiger partial charge in [0.05, 0.1) is 0 Å². The molecule has 1 aliphatic heterocycles. The highest BCUT2D eigenvalue weighted by atomic mass is 16.1. The molecule has 0 unspecified atom stereocenters. The standard InChI is InChI=1S/C11H22N2O.C2H6/c1-10(2)11(14)12-6-9-13-7-4-3-5-8-13;1-2/h10H,3-9H2,1-2H3,(H,12,14);1-2H3. The minimum Gasteiger partial charge on any atom is -0.355 e. The maximum atomic E-state index is 11.3. The van der Waals surface area contributed by atoms with Crippen molar-refractivity contribution in [2.24, 2.45) is 5.92 Å². The van der Waals surface area contributed by atoms with Crippen LogP contribution in [-0.2, 0) is 4.79 Å². The van der Waals surface area contributed by atoms with E-state index in [1.165, 1.54) is 32.4 Å². The van der Waals surface area contributed by atoms with Crippen LogP contribution in [0.2, 0.25) is 0 Å². The van der Waals surface area contributed by atoms with E-state index in [4.69, 9.17) is 0 Å². The summed E-state index contributed by atoms with van der Waals surface area (Å²) in [6.45, 7) is 12.1. The van der Waals surface area contributed by atoms with E-state index >= 15 is 0 Å². The Morgan fingerprint density at radius 3 is 2.25 bits per heavy atom. The molecule has 0 radical (unpaired) electrons. The molecule has 1 saturated heterocycles. The Bertz CT molecular complexity index is 175. The molecule has 1 rings (SSSR count). The van der Waals surface area contributed by atoms with Gasteiger partial charge < -0.3 is 10.2 Å². The number of nitrogens with one attached hydrogen (secondary N) is 1. The average Bonchev–Trinajstić information content (AvgIpc) is 2.33. The first-order chi connectivity index (χ1) is 7.70. The summed E-state index contributed by atoms with van der Waals surface area (Å²) in [5.41, 5.74) is 0. The van der Waals surface area contributed by atoms with E-state index in [9.17, 15) is 4.79 Å². The van der Waals surface area contributed by atoms with Crippen molar-refractivity contribution in [1.82, 2.24) is 10.2 Å². The van der Waals surface area contributed by atoms with Gasteiger partial charge in [-0.1, -0.05) is 34.1 Å². The fourth-order valence-corrected chi connectivity index (χ4v) is 1.72. The number of piperidine rings is 1. The summed E-state index contributed by atoms with van der Waals surface area (Å²) >= 11 is 0. The molecule has 1 amide bonds. The minimum atomic E-state index is 0.108. The molecular weight excluding hydrogens is 200 g/mol. The summed E-state index contributed by atoms with van der Waals surface area (Å²) in [6.07, 6.45) is 4.01. The second-order valence-corrected chi connectivity index (χ2v) is 4.35. The smallest absolute Gasteiger partial charge is 0.222 e. The molecule has 96 valence electrons. The summed E-state index contributed by atoms with van der Waals surface area (Å²) in [4.78, 5) is 13.7. The third-order valence-corrected chi connectivity index (χ3v) is 2.70. The molecule has 0 atom stereocenters. The number of carbonyl (C=O) groups excluding carboxylic acids is 1. The van der Waals surface area contributed by atoms with Crippen molar-refractivity contribution in [3.05, 3.63) is 0 Å². The zero-order valence-electron chi connectivity index (χ0n) is 11.4. The molecule has 0 spiro atoms. The van der Waals surface area contributed by atoms with Gasteiger partial charge in [0.15, 0.2) is 0 Å². The van der Waals surface area contributed by atoms with Gasteiger partial charge in [-0.3, -0.25) is 4.79 Å². The number of rotatable bonds is 4. The van der Waals surface area contributed by atoms with E-state index in [0.717, 1.165) is 13.1 Å². The van der Waals surface area contributed by atoms with Crippen LogP contribution in [0.5, 0.6) is 0 Å². The maximum absolute atomic E-state index is 11.3. The molecule has 0 saturated carbocycles. The van der Waals surface area contributed by atoms with Gasteiger partial charge in [-0.2, -0.15) is 0 Å². The van der Waals surface area contributed by atoms with E-state index in [1.807, 2.05) is 27.7 Å². The van der Waals surface area contributed by atoms with Gasteiger partial charge in [-0.05, 0) is 25.9 Å². The minimum absolute atomic E-state index is 0.108. The normalized spacial score (nSPS) is 16.6. The van der Waals surface area contributed by atoms with Crippen LogP contribution < -0.4 is 5.32 Å². The van der Waals surface area contributed by atoms with E-state index < -0.39 is 0 Å². The summed E-state index contributed by atoms with van der Waals surface area (Å²) in [7, 11) is 0. The second kappa shape index (κ2) is 9.64. The lowest BCUT2D eigenvalue weighted by Gasteiger charge is -2.26. The van der Waals surface area contributed by atoms with Crippen LogP contribution >= 0.6 is 0 Å². The van der Waals surface area contributed by atoms with E-state index in [0.29, 0.717) is 0 Å². The van der Waals surface area contributed by atoms with Gasteiger partial charge in [-0.15, -0.1) is 0 Å². The van der Waals surface area contributed by atoms with Gasteiger partial charge in [0, 0.05) is 19.0 Å². The SMILES string of the molecule is CC.CC(C)C(=O)NCCN1CCCCC1. The zero-order chi connectivity index (χ0) is 12.4. The van der Waals surface area contributed by atoms with E-state index in [-0.39, 0.29) is 11.8 Å². The molecule has 3 heteroatoms. The molecular formula is C13H28N2O. The first-order valence-electron chi connectivity index (χ1n) is 6.70. The topological polar surface area (TPSA) is 32.3 Å². The van der Waals surface area contributed by atoms with Crippen molar-refractivity contribution >= 4 is 5.91 Å². The van der Waals surface area contributed by atoms with Gasteiger partial charge in [0.1, 0.15) is 0 Å². The highest BCUT2D eigenvalue weighted by molar-refractivity contribution is 5.77. The number of carbonyl (C=O) groups is 1. The molecule has 16 heavy (non-hydrogen) atoms. The van der Waals surface area contributed by atoms with Crippen LogP contribution in [0.1, 0.15) is 47.0 Å². The fraction of sp³-hybridized carbons (Fsp3) is 0.923. The van der Waals surface area contributed by atoms with Crippen LogP contribution in [-0.4, -0.2) is 37.0 Å². The molecule has 0 aromatic heterocycles. The molecule has 1 aliphatic rings. The van der Waals surface area contributed by atoms with Crippen molar-refractivity contribution in [2.45, 2.75) is 47.0 Å². The molecule has 1 N–H and O–H groups in total. The molecule has 1 fully saturated rings. The lowest BCUT2D eigenvalue weighted by atomic mass is 10.1. The predicted molar refractivity (Wildman–Crippen MR) is 69.5 cm³/mol. The number of likely N-dealkylation sites (tertiary alicyclic amines) is 1. The average molecular weight is 228 g/mol. The molecule has 0 aliphatic carbocycles. The number of amides is 1. The molecule has 0 aromatic rings. The largest absolute Gasteiger partial charge is 0.355 e. The van der Waals surface area contributed by atoms with Crippen molar-refractivity contribution in [1.29, 1.82) is 0 Å². The lowest BCUT2D eigenvalue weighted by Crippen LogP contribution is -2.38. The number of hydrogen-bond donors (Lipinski definition) is 1. The Hall–Kier alpha value is -0.570. The van der Waals surface area contributed by atoms with Gasteiger partial charge in [-0.25, -0.2) is 0 Å². The summed E-state index contributed by atoms with van der Waals surface area (Å²) in [5, 5.41) is 2.95. The summed E-state index contributed by atoms with van der Waals surface area (Å²) in [5.74, 6) is 0.276. The Kier molecular flexibility index (Phi) is 9.30. The Morgan fingerprint density at radius 1 is 1.19 bits per heavy atom. The van der Waals surface area contributed by atoms with Crippen molar-refractivity contribution in [3.8, 4) is 0 Å². The van der Waals surface area contributed by atoms with Crippen LogP contribution in [0.15, 0.2) is 0 Å². The van der Waals surface area contributed by atoms with Gasteiger partial charge in [0.2, 0.25) is 5.91 Å². The van der Waals surface area contributed by atoms with E-state index in [1.54, 1.807) is 0 Å². The predicted octanol–water partition coefficient (Wildman–Crippen LogP) is 2.27. The van der Waals surface area contributed by atoms with Gasteiger partial charge in [0.25, 0.3) is 0 Å². The third-order valence-electron chi connectivity index (χ3n) is 2.70. The van der Waals surface area contributed by atoms with Crippen LogP contribution in [0.25, 0.3) is 0 Å².